The minimum Gasteiger partial charge on any atom is -0.292 e. The average molecular weight is 357 g/mol. The molecule has 1 heterocycles. The molecule has 1 saturated heterocycles. The Labute approximate surface area is 156 Å². The third kappa shape index (κ3) is 3.76. The van der Waals surface area contributed by atoms with Gasteiger partial charge in [0, 0.05) is 12.3 Å². The molecular weight excluding hydrogens is 326 g/mol. The van der Waals surface area contributed by atoms with Crippen molar-refractivity contribution in [2.24, 2.45) is 29.1 Å². The lowest BCUT2D eigenvalue weighted by atomic mass is 9.49. The van der Waals surface area contributed by atoms with Crippen LogP contribution in [0.1, 0.15) is 57.8 Å². The molecule has 0 aromatic heterocycles. The highest BCUT2D eigenvalue weighted by molar-refractivity contribution is 5.83. The third-order valence-electron chi connectivity index (χ3n) is 7.30. The van der Waals surface area contributed by atoms with Gasteiger partial charge in [0.05, 0.1) is 6.54 Å². The quantitative estimate of drug-likeness (QED) is 0.598. The van der Waals surface area contributed by atoms with Crippen LogP contribution in [0.4, 0.5) is 0 Å². The highest BCUT2D eigenvalue weighted by Crippen LogP contribution is 2.61. The van der Waals surface area contributed by atoms with Gasteiger partial charge in [0.25, 0.3) is 0 Å². The van der Waals surface area contributed by atoms with Crippen LogP contribution in [0.25, 0.3) is 0 Å². The maximum Gasteiger partial charge on any atom is 0.241 e. The normalized spacial score (nSPS) is 36.5. The topological polar surface area (TPSA) is 61.4 Å². The van der Waals surface area contributed by atoms with Crippen LogP contribution in [0.2, 0.25) is 0 Å². The van der Waals surface area contributed by atoms with Crippen LogP contribution < -0.4 is 10.9 Å². The standard InChI is InChI=1S/C21H31N3O2/c1-2-5-24-6-3-18(4-7-24)20(26)23-22-19(25)14-21-11-15-8-16(12-21)10-17(9-15)13-21/h1,15-18H,3-14H2,(H,22,25)(H,23,26). The van der Waals surface area contributed by atoms with E-state index in [2.05, 4.69) is 21.7 Å². The summed E-state index contributed by atoms with van der Waals surface area (Å²) in [6, 6.07) is 0. The van der Waals surface area contributed by atoms with E-state index in [0.717, 1.165) is 43.7 Å². The van der Waals surface area contributed by atoms with Gasteiger partial charge in [-0.2, -0.15) is 0 Å². The first-order valence-electron chi connectivity index (χ1n) is 10.3. The number of carbonyl (C=O) groups is 2. The number of nitrogens with zero attached hydrogens (tertiary/aromatic N) is 1. The summed E-state index contributed by atoms with van der Waals surface area (Å²) in [5.41, 5.74) is 5.60. The maximum absolute atomic E-state index is 12.5. The molecule has 4 saturated carbocycles. The number of rotatable bonds is 4. The number of likely N-dealkylation sites (tertiary alicyclic amines) is 1. The molecule has 5 rings (SSSR count). The SMILES string of the molecule is C#CCN1CCC(C(=O)NNC(=O)CC23CC4CC(CC(C4)C2)C3)CC1. The average Bonchev–Trinajstić information content (AvgIpc) is 2.59. The van der Waals surface area contributed by atoms with Crippen molar-refractivity contribution in [3.05, 3.63) is 0 Å². The Morgan fingerprint density at radius 2 is 1.58 bits per heavy atom. The lowest BCUT2D eigenvalue weighted by Crippen LogP contribution is -2.51. The van der Waals surface area contributed by atoms with Crippen molar-refractivity contribution in [2.75, 3.05) is 19.6 Å². The number of nitrogens with one attached hydrogen (secondary N) is 2. The van der Waals surface area contributed by atoms with Crippen LogP contribution in [0.3, 0.4) is 0 Å². The second-order valence-electron chi connectivity index (χ2n) is 9.39. The van der Waals surface area contributed by atoms with Crippen molar-refractivity contribution >= 4 is 11.8 Å². The molecule has 4 aliphatic carbocycles. The first-order valence-corrected chi connectivity index (χ1v) is 10.3. The van der Waals surface area contributed by atoms with Crippen molar-refractivity contribution < 1.29 is 9.59 Å². The van der Waals surface area contributed by atoms with Crippen LogP contribution in [-0.4, -0.2) is 36.3 Å². The number of piperidine rings is 1. The summed E-state index contributed by atoms with van der Waals surface area (Å²) < 4.78 is 0. The van der Waals surface area contributed by atoms with E-state index in [0.29, 0.717) is 13.0 Å². The smallest absolute Gasteiger partial charge is 0.241 e. The predicted molar refractivity (Wildman–Crippen MR) is 99.5 cm³/mol. The summed E-state index contributed by atoms with van der Waals surface area (Å²) in [5.74, 6) is 5.10. The zero-order chi connectivity index (χ0) is 18.1. The molecule has 2 N–H and O–H groups in total. The summed E-state index contributed by atoms with van der Waals surface area (Å²) in [6.07, 6.45) is 15.3. The molecule has 5 aliphatic rings. The van der Waals surface area contributed by atoms with Gasteiger partial charge in [0.1, 0.15) is 0 Å². The molecule has 0 atom stereocenters. The minimum absolute atomic E-state index is 0.00920. The second kappa shape index (κ2) is 7.23. The molecule has 0 aromatic rings. The first kappa shape index (κ1) is 17.9. The van der Waals surface area contributed by atoms with Gasteiger partial charge in [-0.15, -0.1) is 6.42 Å². The molecule has 5 nitrogen and oxygen atoms in total. The Morgan fingerprint density at radius 1 is 1.00 bits per heavy atom. The van der Waals surface area contributed by atoms with Gasteiger partial charge in [-0.1, -0.05) is 5.92 Å². The molecule has 0 spiro atoms. The highest BCUT2D eigenvalue weighted by Gasteiger charge is 2.51. The maximum atomic E-state index is 12.5. The molecule has 142 valence electrons. The zero-order valence-corrected chi connectivity index (χ0v) is 15.6. The van der Waals surface area contributed by atoms with E-state index in [1.807, 2.05) is 0 Å². The first-order chi connectivity index (χ1) is 12.5. The Hall–Kier alpha value is -1.54. The number of terminal acetylenes is 1. The molecule has 0 unspecified atom stereocenters. The van der Waals surface area contributed by atoms with Crippen LogP contribution in [0.5, 0.6) is 0 Å². The fourth-order valence-corrected chi connectivity index (χ4v) is 6.61. The van der Waals surface area contributed by atoms with Crippen molar-refractivity contribution in [2.45, 2.75) is 57.8 Å². The molecule has 5 heteroatoms. The van der Waals surface area contributed by atoms with Gasteiger partial charge in [-0.25, -0.2) is 0 Å². The summed E-state index contributed by atoms with van der Waals surface area (Å²) in [4.78, 5) is 27.0. The molecular formula is C21H31N3O2. The van der Waals surface area contributed by atoms with E-state index in [1.165, 1.54) is 38.5 Å². The predicted octanol–water partition coefficient (Wildman–Crippen LogP) is 2.09. The van der Waals surface area contributed by atoms with Gasteiger partial charge in [0.2, 0.25) is 11.8 Å². The number of hydrogen-bond acceptors (Lipinski definition) is 3. The molecule has 1 aliphatic heterocycles. The summed E-state index contributed by atoms with van der Waals surface area (Å²) in [5, 5.41) is 0. The molecule has 26 heavy (non-hydrogen) atoms. The van der Waals surface area contributed by atoms with Crippen molar-refractivity contribution in [1.29, 1.82) is 0 Å². The number of amides is 2. The summed E-state index contributed by atoms with van der Waals surface area (Å²) in [6.45, 7) is 2.35. The monoisotopic (exact) mass is 357 g/mol. The van der Waals surface area contributed by atoms with Gasteiger partial charge in [0.15, 0.2) is 0 Å². The zero-order valence-electron chi connectivity index (χ0n) is 15.6. The van der Waals surface area contributed by atoms with E-state index in [9.17, 15) is 9.59 Å². The molecule has 2 amide bonds. The van der Waals surface area contributed by atoms with Crippen LogP contribution in [-0.2, 0) is 9.59 Å². The lowest BCUT2D eigenvalue weighted by molar-refractivity contribution is -0.136. The molecule has 4 bridgehead atoms. The Morgan fingerprint density at radius 3 is 2.12 bits per heavy atom. The second-order valence-corrected chi connectivity index (χ2v) is 9.39. The fourth-order valence-electron chi connectivity index (χ4n) is 6.61. The Kier molecular flexibility index (Phi) is 4.96. The van der Waals surface area contributed by atoms with E-state index in [1.54, 1.807) is 0 Å². The minimum atomic E-state index is -0.0516. The van der Waals surface area contributed by atoms with Crippen LogP contribution in [0, 0.1) is 41.4 Å². The number of hydrazine groups is 1. The number of carbonyl (C=O) groups excluding carboxylic acids is 2. The van der Waals surface area contributed by atoms with Crippen molar-refractivity contribution in [3.63, 3.8) is 0 Å². The number of hydrogen-bond donors (Lipinski definition) is 2. The lowest BCUT2D eigenvalue weighted by Gasteiger charge is -2.56. The molecule has 0 radical (unpaired) electrons. The van der Waals surface area contributed by atoms with Gasteiger partial charge < -0.3 is 0 Å². The van der Waals surface area contributed by atoms with E-state index in [4.69, 9.17) is 6.42 Å². The van der Waals surface area contributed by atoms with Gasteiger partial charge in [-0.3, -0.25) is 25.3 Å². The van der Waals surface area contributed by atoms with Crippen LogP contribution >= 0.6 is 0 Å². The Bertz CT molecular complexity index is 566. The van der Waals surface area contributed by atoms with Crippen molar-refractivity contribution in [3.8, 4) is 12.3 Å². The fraction of sp³-hybridized carbons (Fsp3) is 0.810. The summed E-state index contributed by atoms with van der Waals surface area (Å²) in [7, 11) is 0. The Balaban J connectivity index is 1.22. The van der Waals surface area contributed by atoms with Gasteiger partial charge in [-0.05, 0) is 87.6 Å². The molecule has 5 fully saturated rings. The van der Waals surface area contributed by atoms with Gasteiger partial charge >= 0.3 is 0 Å². The van der Waals surface area contributed by atoms with E-state index >= 15 is 0 Å². The van der Waals surface area contributed by atoms with Crippen molar-refractivity contribution in [1.82, 2.24) is 15.8 Å². The third-order valence-corrected chi connectivity index (χ3v) is 7.30. The van der Waals surface area contributed by atoms with E-state index in [-0.39, 0.29) is 23.1 Å². The van der Waals surface area contributed by atoms with E-state index < -0.39 is 0 Å². The summed E-state index contributed by atoms with van der Waals surface area (Å²) >= 11 is 0. The molecule has 0 aromatic carbocycles. The van der Waals surface area contributed by atoms with Crippen LogP contribution in [0.15, 0.2) is 0 Å². The largest absolute Gasteiger partial charge is 0.292 e. The highest BCUT2D eigenvalue weighted by atomic mass is 16.2.